The quantitative estimate of drug-likeness (QED) is 0.664. The summed E-state index contributed by atoms with van der Waals surface area (Å²) in [4.78, 5) is 0. The van der Waals surface area contributed by atoms with Gasteiger partial charge in [-0.3, -0.25) is 0 Å². The number of hydrogen-bond acceptors (Lipinski definition) is 2. The summed E-state index contributed by atoms with van der Waals surface area (Å²) < 4.78 is 18.6. The van der Waals surface area contributed by atoms with Crippen LogP contribution in [0.3, 0.4) is 0 Å². The molecule has 0 fully saturated rings. The molecule has 0 aromatic heterocycles. The molecular weight excluding hydrogens is 171 g/mol. The Balaban J connectivity index is 2.60. The minimum absolute atomic E-state index is 0.311. The highest BCUT2D eigenvalue weighted by Crippen LogP contribution is 2.36. The third kappa shape index (κ3) is 1.29. The Kier molecular flexibility index (Phi) is 1.96. The third-order valence-electron chi connectivity index (χ3n) is 2.31. The van der Waals surface area contributed by atoms with Crippen LogP contribution in [0.2, 0.25) is 0 Å². The Morgan fingerprint density at radius 2 is 2.31 bits per heavy atom. The van der Waals surface area contributed by atoms with Gasteiger partial charge >= 0.3 is 0 Å². The second-order valence-corrected chi connectivity index (χ2v) is 3.26. The fourth-order valence-corrected chi connectivity index (χ4v) is 1.60. The van der Waals surface area contributed by atoms with E-state index in [1.165, 1.54) is 6.07 Å². The first-order chi connectivity index (χ1) is 6.20. The van der Waals surface area contributed by atoms with E-state index in [0.717, 1.165) is 5.56 Å². The van der Waals surface area contributed by atoms with E-state index in [1.807, 2.05) is 6.92 Å². The molecule has 1 aromatic carbocycles. The number of fused-ring (bicyclic) bond motifs is 1. The molecule has 1 aliphatic heterocycles. The molecular formula is C10H11FO2. The average Bonchev–Trinajstić information content (AvgIpc) is 2.12. The molecule has 0 amide bonds. The van der Waals surface area contributed by atoms with Crippen LogP contribution in [0.25, 0.3) is 0 Å². The molecule has 0 bridgehead atoms. The van der Waals surface area contributed by atoms with Crippen LogP contribution >= 0.6 is 0 Å². The lowest BCUT2D eigenvalue weighted by atomic mass is 10.00. The number of halogens is 1. The maximum absolute atomic E-state index is 13.3. The lowest BCUT2D eigenvalue weighted by molar-refractivity contribution is 0.110. The lowest BCUT2D eigenvalue weighted by Gasteiger charge is -2.23. The van der Waals surface area contributed by atoms with Crippen molar-refractivity contribution in [1.29, 1.82) is 0 Å². The first-order valence-corrected chi connectivity index (χ1v) is 4.30. The molecule has 13 heavy (non-hydrogen) atoms. The van der Waals surface area contributed by atoms with Gasteiger partial charge < -0.3 is 9.84 Å². The molecule has 0 saturated heterocycles. The molecule has 0 spiro atoms. The third-order valence-corrected chi connectivity index (χ3v) is 2.31. The average molecular weight is 182 g/mol. The van der Waals surface area contributed by atoms with Crippen molar-refractivity contribution in [2.75, 3.05) is 6.61 Å². The van der Waals surface area contributed by atoms with Gasteiger partial charge in [0.2, 0.25) is 0 Å². The van der Waals surface area contributed by atoms with Gasteiger partial charge in [-0.1, -0.05) is 6.07 Å². The summed E-state index contributed by atoms with van der Waals surface area (Å²) in [6.45, 7) is 2.30. The first kappa shape index (κ1) is 8.51. The summed E-state index contributed by atoms with van der Waals surface area (Å²) in [6, 6.07) is 3.03. The van der Waals surface area contributed by atoms with Gasteiger partial charge in [0.25, 0.3) is 0 Å². The monoisotopic (exact) mass is 182 g/mol. The minimum Gasteiger partial charge on any atom is -0.493 e. The Bertz CT molecular complexity index is 336. The van der Waals surface area contributed by atoms with Crippen LogP contribution < -0.4 is 4.74 Å². The zero-order valence-corrected chi connectivity index (χ0v) is 7.38. The highest BCUT2D eigenvalue weighted by molar-refractivity contribution is 5.44. The largest absolute Gasteiger partial charge is 0.493 e. The van der Waals surface area contributed by atoms with Crippen LogP contribution in [0.4, 0.5) is 4.39 Å². The van der Waals surface area contributed by atoms with Crippen molar-refractivity contribution in [1.82, 2.24) is 0 Å². The van der Waals surface area contributed by atoms with Crippen LogP contribution in [0.5, 0.6) is 5.75 Å². The highest BCUT2D eigenvalue weighted by atomic mass is 19.1. The summed E-state index contributed by atoms with van der Waals surface area (Å²) in [5.74, 6) is 0.131. The molecule has 3 heteroatoms. The van der Waals surface area contributed by atoms with Crippen molar-refractivity contribution < 1.29 is 14.2 Å². The Hall–Kier alpha value is -1.09. The molecule has 1 aromatic rings. The molecule has 0 saturated carbocycles. The van der Waals surface area contributed by atoms with Gasteiger partial charge in [-0.25, -0.2) is 4.39 Å². The molecule has 1 heterocycles. The van der Waals surface area contributed by atoms with Crippen molar-refractivity contribution in [2.24, 2.45) is 0 Å². The summed E-state index contributed by atoms with van der Waals surface area (Å²) in [5, 5.41) is 9.55. The smallest absolute Gasteiger partial charge is 0.132 e. The maximum Gasteiger partial charge on any atom is 0.132 e. The number of aliphatic hydroxyl groups excluding tert-OH is 1. The summed E-state index contributed by atoms with van der Waals surface area (Å²) in [5.41, 5.74) is 1.18. The van der Waals surface area contributed by atoms with E-state index >= 15 is 0 Å². The van der Waals surface area contributed by atoms with Crippen LogP contribution in [0, 0.1) is 12.7 Å². The number of hydrogen-bond donors (Lipinski definition) is 1. The van der Waals surface area contributed by atoms with Gasteiger partial charge in [0, 0.05) is 6.42 Å². The van der Waals surface area contributed by atoms with Gasteiger partial charge in [-0.05, 0) is 18.6 Å². The predicted molar refractivity (Wildman–Crippen MR) is 46.2 cm³/mol. The summed E-state index contributed by atoms with van der Waals surface area (Å²) in [6.07, 6.45) is -0.253. The maximum atomic E-state index is 13.3. The molecule has 70 valence electrons. The Labute approximate surface area is 76.0 Å². The summed E-state index contributed by atoms with van der Waals surface area (Å²) in [7, 11) is 0. The number of rotatable bonds is 0. The van der Waals surface area contributed by atoms with Gasteiger partial charge in [-0.2, -0.15) is 0 Å². The standard InChI is InChI=1S/C10H11FO2/c1-6-2-3-7(11)9-8(12)4-5-13-10(6)9/h2-3,8,12H,4-5H2,1H3. The highest BCUT2D eigenvalue weighted by Gasteiger charge is 2.24. The number of ether oxygens (including phenoxy) is 1. The molecule has 1 atom stereocenters. The van der Waals surface area contributed by atoms with Crippen LogP contribution in [-0.2, 0) is 0 Å². The van der Waals surface area contributed by atoms with Gasteiger partial charge in [-0.15, -0.1) is 0 Å². The molecule has 2 rings (SSSR count). The normalized spacial score (nSPS) is 20.7. The van der Waals surface area contributed by atoms with Crippen LogP contribution in [-0.4, -0.2) is 11.7 Å². The van der Waals surface area contributed by atoms with E-state index in [-0.39, 0.29) is 5.82 Å². The number of aliphatic hydroxyl groups is 1. The van der Waals surface area contributed by atoms with E-state index in [0.29, 0.717) is 24.3 Å². The lowest BCUT2D eigenvalue weighted by Crippen LogP contribution is -2.16. The fraction of sp³-hybridized carbons (Fsp3) is 0.400. The Morgan fingerprint density at radius 3 is 3.00 bits per heavy atom. The summed E-state index contributed by atoms with van der Waals surface area (Å²) >= 11 is 0. The molecule has 1 aliphatic rings. The number of aryl methyl sites for hydroxylation is 1. The van der Waals surface area contributed by atoms with Crippen LogP contribution in [0.1, 0.15) is 23.7 Å². The van der Waals surface area contributed by atoms with E-state index in [4.69, 9.17) is 4.74 Å². The second kappa shape index (κ2) is 3.00. The van der Waals surface area contributed by atoms with Crippen molar-refractivity contribution in [3.8, 4) is 5.75 Å². The van der Waals surface area contributed by atoms with Gasteiger partial charge in [0.05, 0.1) is 18.3 Å². The molecule has 0 radical (unpaired) electrons. The minimum atomic E-state index is -0.719. The van der Waals surface area contributed by atoms with Crippen molar-refractivity contribution in [3.05, 3.63) is 29.1 Å². The zero-order valence-electron chi connectivity index (χ0n) is 7.38. The van der Waals surface area contributed by atoms with Crippen molar-refractivity contribution in [3.63, 3.8) is 0 Å². The molecule has 1 unspecified atom stereocenters. The Morgan fingerprint density at radius 1 is 1.54 bits per heavy atom. The topological polar surface area (TPSA) is 29.5 Å². The van der Waals surface area contributed by atoms with Crippen molar-refractivity contribution >= 4 is 0 Å². The van der Waals surface area contributed by atoms with Gasteiger partial charge in [0.15, 0.2) is 0 Å². The first-order valence-electron chi connectivity index (χ1n) is 4.30. The van der Waals surface area contributed by atoms with E-state index in [2.05, 4.69) is 0 Å². The van der Waals surface area contributed by atoms with Gasteiger partial charge in [0.1, 0.15) is 11.6 Å². The van der Waals surface area contributed by atoms with Crippen molar-refractivity contribution in [2.45, 2.75) is 19.4 Å². The van der Waals surface area contributed by atoms with E-state index in [1.54, 1.807) is 6.07 Å². The zero-order chi connectivity index (χ0) is 9.42. The second-order valence-electron chi connectivity index (χ2n) is 3.26. The molecule has 2 nitrogen and oxygen atoms in total. The fourth-order valence-electron chi connectivity index (χ4n) is 1.60. The van der Waals surface area contributed by atoms with E-state index in [9.17, 15) is 9.50 Å². The molecule has 0 aliphatic carbocycles. The molecule has 1 N–H and O–H groups in total. The van der Waals surface area contributed by atoms with E-state index < -0.39 is 6.10 Å². The SMILES string of the molecule is Cc1ccc(F)c2c1OCCC2O. The predicted octanol–water partition coefficient (Wildman–Crippen LogP) is 1.95. The van der Waals surface area contributed by atoms with Crippen LogP contribution in [0.15, 0.2) is 12.1 Å². The number of benzene rings is 1.